The number of hydrogen-bond acceptors (Lipinski definition) is 6. The first-order valence-corrected chi connectivity index (χ1v) is 6.08. The van der Waals surface area contributed by atoms with Crippen LogP contribution in [0.4, 0.5) is 5.00 Å². The third kappa shape index (κ3) is 2.70. The Morgan fingerprint density at radius 2 is 2.00 bits per heavy atom. The highest BCUT2D eigenvalue weighted by atomic mass is 32.1. The number of aromatic hydroxyl groups is 2. The number of hydrogen-bond donors (Lipinski definition) is 3. The number of phenolic OH excluding ortho intramolecular Hbond substituents is 1. The Labute approximate surface area is 108 Å². The van der Waals surface area contributed by atoms with Crippen LogP contribution in [0, 0.1) is 11.3 Å². The van der Waals surface area contributed by atoms with E-state index < -0.39 is 0 Å². The van der Waals surface area contributed by atoms with Crippen LogP contribution in [0.3, 0.4) is 0 Å². The van der Waals surface area contributed by atoms with Gasteiger partial charge in [-0.3, -0.25) is 0 Å². The molecular formula is C12H11N3O2S. The molecule has 0 spiro atoms. The molecule has 0 radical (unpaired) electrons. The molecule has 5 nitrogen and oxygen atoms in total. The average molecular weight is 261 g/mol. The van der Waals surface area contributed by atoms with Gasteiger partial charge >= 0.3 is 0 Å². The molecule has 0 aliphatic heterocycles. The van der Waals surface area contributed by atoms with E-state index in [4.69, 9.17) is 10.4 Å². The first kappa shape index (κ1) is 12.2. The number of rotatable bonds is 4. The summed E-state index contributed by atoms with van der Waals surface area (Å²) in [4.78, 5) is 0. The van der Waals surface area contributed by atoms with Gasteiger partial charge in [-0.25, -0.2) is 0 Å². The zero-order valence-corrected chi connectivity index (χ0v) is 10.2. The third-order valence-electron chi connectivity index (χ3n) is 2.42. The SMILES string of the molecule is N#Cc1c(O)nsc1NCCc1ccc(O)cc1. The molecule has 6 heteroatoms. The summed E-state index contributed by atoms with van der Waals surface area (Å²) < 4.78 is 3.70. The molecule has 92 valence electrons. The lowest BCUT2D eigenvalue weighted by Gasteiger charge is -2.04. The highest BCUT2D eigenvalue weighted by molar-refractivity contribution is 7.10. The van der Waals surface area contributed by atoms with E-state index in [9.17, 15) is 5.11 Å². The minimum absolute atomic E-state index is 0.186. The standard InChI is InChI=1S/C12H11N3O2S/c13-7-10-11(17)15-18-12(10)14-6-5-8-1-3-9(16)4-2-8/h1-4,14,16H,5-6H2,(H,15,17). The van der Waals surface area contributed by atoms with Gasteiger partial charge in [0.25, 0.3) is 0 Å². The van der Waals surface area contributed by atoms with Crippen molar-refractivity contribution in [3.8, 4) is 17.7 Å². The molecule has 0 amide bonds. The first-order valence-electron chi connectivity index (χ1n) is 5.31. The molecule has 0 aliphatic rings. The fourth-order valence-electron chi connectivity index (χ4n) is 1.49. The minimum atomic E-state index is -0.227. The number of nitrogens with one attached hydrogen (secondary N) is 1. The van der Waals surface area contributed by atoms with Gasteiger partial charge in [-0.1, -0.05) is 12.1 Å². The van der Waals surface area contributed by atoms with Crippen LogP contribution in [0.15, 0.2) is 24.3 Å². The van der Waals surface area contributed by atoms with Gasteiger partial charge in [0.15, 0.2) is 0 Å². The summed E-state index contributed by atoms with van der Waals surface area (Å²) in [5, 5.41) is 30.9. The topological polar surface area (TPSA) is 89.2 Å². The Bertz CT molecular complexity index is 572. The second kappa shape index (κ2) is 5.38. The molecule has 0 bridgehead atoms. The molecular weight excluding hydrogens is 250 g/mol. The Kier molecular flexibility index (Phi) is 3.65. The number of nitriles is 1. The van der Waals surface area contributed by atoms with Crippen molar-refractivity contribution in [1.82, 2.24) is 4.37 Å². The molecule has 1 heterocycles. The fraction of sp³-hybridized carbons (Fsp3) is 0.167. The van der Waals surface area contributed by atoms with Crippen LogP contribution in [0.5, 0.6) is 11.6 Å². The van der Waals surface area contributed by atoms with Gasteiger partial charge in [0.05, 0.1) is 0 Å². The van der Waals surface area contributed by atoms with Crippen LogP contribution in [0.2, 0.25) is 0 Å². The number of benzene rings is 1. The van der Waals surface area contributed by atoms with Gasteiger partial charge in [0.2, 0.25) is 5.88 Å². The number of phenols is 1. The maximum Gasteiger partial charge on any atom is 0.243 e. The van der Waals surface area contributed by atoms with Crippen molar-refractivity contribution >= 4 is 16.5 Å². The highest BCUT2D eigenvalue weighted by Crippen LogP contribution is 2.28. The monoisotopic (exact) mass is 261 g/mol. The Hall–Kier alpha value is -2.26. The molecule has 1 aromatic heterocycles. The van der Waals surface area contributed by atoms with Crippen LogP contribution in [-0.2, 0) is 6.42 Å². The molecule has 3 N–H and O–H groups in total. The zero-order valence-electron chi connectivity index (χ0n) is 9.42. The third-order valence-corrected chi connectivity index (χ3v) is 3.22. The van der Waals surface area contributed by atoms with Gasteiger partial charge < -0.3 is 15.5 Å². The van der Waals surface area contributed by atoms with E-state index in [0.29, 0.717) is 11.5 Å². The molecule has 1 aromatic carbocycles. The van der Waals surface area contributed by atoms with Crippen LogP contribution >= 0.6 is 11.5 Å². The van der Waals surface area contributed by atoms with Gasteiger partial charge in [0, 0.05) is 6.54 Å². The van der Waals surface area contributed by atoms with Crippen molar-refractivity contribution < 1.29 is 10.2 Å². The van der Waals surface area contributed by atoms with Crippen molar-refractivity contribution in [3.05, 3.63) is 35.4 Å². The van der Waals surface area contributed by atoms with Crippen LogP contribution < -0.4 is 5.32 Å². The van der Waals surface area contributed by atoms with Crippen molar-refractivity contribution in [2.45, 2.75) is 6.42 Å². The summed E-state index contributed by atoms with van der Waals surface area (Å²) in [6, 6.07) is 8.85. The van der Waals surface area contributed by atoms with Crippen molar-refractivity contribution in [2.24, 2.45) is 0 Å². The Morgan fingerprint density at radius 3 is 2.67 bits per heavy atom. The number of aromatic nitrogens is 1. The van der Waals surface area contributed by atoms with Crippen LogP contribution in [-0.4, -0.2) is 21.1 Å². The lowest BCUT2D eigenvalue weighted by Crippen LogP contribution is -2.04. The number of anilines is 1. The zero-order chi connectivity index (χ0) is 13.0. The summed E-state index contributed by atoms with van der Waals surface area (Å²) in [7, 11) is 0. The quantitative estimate of drug-likeness (QED) is 0.784. The molecule has 0 saturated carbocycles. The molecule has 0 atom stereocenters. The lowest BCUT2D eigenvalue weighted by atomic mass is 10.1. The predicted octanol–water partition coefficient (Wildman–Crippen LogP) is 2.08. The molecule has 0 unspecified atom stereocenters. The fourth-order valence-corrected chi connectivity index (χ4v) is 2.15. The van der Waals surface area contributed by atoms with E-state index in [0.717, 1.165) is 23.5 Å². The smallest absolute Gasteiger partial charge is 0.243 e. The molecule has 2 aromatic rings. The summed E-state index contributed by atoms with van der Waals surface area (Å²) >= 11 is 1.06. The highest BCUT2D eigenvalue weighted by Gasteiger charge is 2.11. The van der Waals surface area contributed by atoms with Crippen molar-refractivity contribution in [2.75, 3.05) is 11.9 Å². The van der Waals surface area contributed by atoms with Crippen molar-refractivity contribution in [1.29, 1.82) is 5.26 Å². The van der Waals surface area contributed by atoms with E-state index in [1.54, 1.807) is 12.1 Å². The Balaban J connectivity index is 1.93. The average Bonchev–Trinajstić information content (AvgIpc) is 2.72. The molecule has 2 rings (SSSR count). The summed E-state index contributed by atoms with van der Waals surface area (Å²) in [6.45, 7) is 0.626. The maximum atomic E-state index is 9.29. The Morgan fingerprint density at radius 1 is 1.28 bits per heavy atom. The predicted molar refractivity (Wildman–Crippen MR) is 68.8 cm³/mol. The lowest BCUT2D eigenvalue weighted by molar-refractivity contribution is 0.458. The van der Waals surface area contributed by atoms with Gasteiger partial charge in [-0.2, -0.15) is 9.64 Å². The number of nitrogens with zero attached hydrogens (tertiary/aromatic N) is 2. The van der Waals surface area contributed by atoms with E-state index in [1.807, 2.05) is 18.2 Å². The van der Waals surface area contributed by atoms with Gasteiger partial charge in [-0.15, -0.1) is 0 Å². The second-order valence-electron chi connectivity index (χ2n) is 3.67. The van der Waals surface area contributed by atoms with E-state index in [1.165, 1.54) is 0 Å². The van der Waals surface area contributed by atoms with E-state index in [-0.39, 0.29) is 17.2 Å². The molecule has 0 fully saturated rings. The van der Waals surface area contributed by atoms with Crippen LogP contribution in [0.1, 0.15) is 11.1 Å². The van der Waals surface area contributed by atoms with E-state index >= 15 is 0 Å². The maximum absolute atomic E-state index is 9.29. The largest absolute Gasteiger partial charge is 0.508 e. The second-order valence-corrected chi connectivity index (χ2v) is 4.44. The summed E-state index contributed by atoms with van der Waals surface area (Å²) in [5.41, 5.74) is 1.26. The van der Waals surface area contributed by atoms with E-state index in [2.05, 4.69) is 9.69 Å². The minimum Gasteiger partial charge on any atom is -0.508 e. The van der Waals surface area contributed by atoms with Gasteiger partial charge in [0.1, 0.15) is 22.4 Å². The van der Waals surface area contributed by atoms with Gasteiger partial charge in [-0.05, 0) is 35.6 Å². The first-order chi connectivity index (χ1) is 8.70. The summed E-state index contributed by atoms with van der Waals surface area (Å²) in [6.07, 6.45) is 0.754. The molecule has 0 aliphatic carbocycles. The van der Waals surface area contributed by atoms with Crippen LogP contribution in [0.25, 0.3) is 0 Å². The van der Waals surface area contributed by atoms with Crippen molar-refractivity contribution in [3.63, 3.8) is 0 Å². The normalized spacial score (nSPS) is 9.94. The molecule has 0 saturated heterocycles. The molecule has 18 heavy (non-hydrogen) atoms. The summed E-state index contributed by atoms with van der Waals surface area (Å²) in [5.74, 6) is 0.0143.